The second-order valence-electron chi connectivity index (χ2n) is 2.99. The highest BCUT2D eigenvalue weighted by atomic mass is 16.2. The molecule has 6 heteroatoms. The zero-order valence-corrected chi connectivity index (χ0v) is 8.73. The van der Waals surface area contributed by atoms with Gasteiger partial charge in [0.1, 0.15) is 6.54 Å². The van der Waals surface area contributed by atoms with Crippen LogP contribution in [0.3, 0.4) is 0 Å². The topological polar surface area (TPSA) is 106 Å². The highest BCUT2D eigenvalue weighted by Gasteiger charge is 2.12. The van der Waals surface area contributed by atoms with Crippen LogP contribution in [0.25, 0.3) is 0 Å². The number of carbonyl (C=O) groups is 2. The highest BCUT2D eigenvalue weighted by Crippen LogP contribution is 2.09. The number of hydrogen-bond acceptors (Lipinski definition) is 4. The first-order valence-electron chi connectivity index (χ1n) is 4.63. The number of nitrogens with zero attached hydrogens (tertiary/aromatic N) is 2. The Kier molecular flexibility index (Phi) is 4.23. The van der Waals surface area contributed by atoms with E-state index in [4.69, 9.17) is 10.5 Å². The van der Waals surface area contributed by atoms with Crippen LogP contribution in [-0.2, 0) is 9.59 Å². The molecule has 0 heterocycles. The van der Waals surface area contributed by atoms with Crippen molar-refractivity contribution >= 4 is 17.5 Å². The number of nitrogens with one attached hydrogen (secondary N) is 2. The molecule has 0 aliphatic heterocycles. The summed E-state index contributed by atoms with van der Waals surface area (Å²) in [6.45, 7) is -0.232. The summed E-state index contributed by atoms with van der Waals surface area (Å²) < 4.78 is 0. The van der Waals surface area contributed by atoms with E-state index in [2.05, 4.69) is 10.6 Å². The highest BCUT2D eigenvalue weighted by molar-refractivity contribution is 6.39. The molecule has 0 saturated heterocycles. The number of carbonyl (C=O) groups excluding carboxylic acids is 2. The molecule has 1 aromatic carbocycles. The van der Waals surface area contributed by atoms with Crippen LogP contribution in [0.15, 0.2) is 24.3 Å². The van der Waals surface area contributed by atoms with Crippen molar-refractivity contribution < 1.29 is 9.59 Å². The van der Waals surface area contributed by atoms with Gasteiger partial charge in [-0.1, -0.05) is 6.07 Å². The Balaban J connectivity index is 2.65. The van der Waals surface area contributed by atoms with Gasteiger partial charge in [-0.2, -0.15) is 10.5 Å². The first-order valence-corrected chi connectivity index (χ1v) is 4.63. The summed E-state index contributed by atoms with van der Waals surface area (Å²) in [7, 11) is 0. The van der Waals surface area contributed by atoms with E-state index in [1.54, 1.807) is 24.3 Å². The van der Waals surface area contributed by atoms with E-state index in [-0.39, 0.29) is 6.54 Å². The maximum atomic E-state index is 11.3. The average molecular weight is 228 g/mol. The number of anilines is 1. The normalized spacial score (nSPS) is 8.59. The zero-order valence-electron chi connectivity index (χ0n) is 8.73. The lowest BCUT2D eigenvalue weighted by atomic mass is 10.2. The van der Waals surface area contributed by atoms with Crippen LogP contribution in [0.5, 0.6) is 0 Å². The fourth-order valence-electron chi connectivity index (χ4n) is 1.05. The summed E-state index contributed by atoms with van der Waals surface area (Å²) in [5.74, 6) is -1.77. The zero-order chi connectivity index (χ0) is 12.7. The molecule has 2 N–H and O–H groups in total. The average Bonchev–Trinajstić information content (AvgIpc) is 2.36. The Morgan fingerprint density at radius 3 is 2.65 bits per heavy atom. The minimum absolute atomic E-state index is 0.232. The summed E-state index contributed by atoms with van der Waals surface area (Å²) >= 11 is 0. The summed E-state index contributed by atoms with van der Waals surface area (Å²) in [4.78, 5) is 22.4. The molecule has 0 spiro atoms. The SMILES string of the molecule is N#CCNC(=O)C(=O)Nc1cccc(C#N)c1. The van der Waals surface area contributed by atoms with Crippen LogP contribution in [0, 0.1) is 22.7 Å². The van der Waals surface area contributed by atoms with Crippen molar-refractivity contribution in [3.8, 4) is 12.1 Å². The third kappa shape index (κ3) is 3.65. The van der Waals surface area contributed by atoms with Gasteiger partial charge in [0.15, 0.2) is 0 Å². The van der Waals surface area contributed by atoms with Crippen LogP contribution < -0.4 is 10.6 Å². The molecule has 1 rings (SSSR count). The van der Waals surface area contributed by atoms with Crippen molar-refractivity contribution in [3.63, 3.8) is 0 Å². The Bertz CT molecular complexity index is 525. The standard InChI is InChI=1S/C11H8N4O2/c12-4-5-14-10(16)11(17)15-9-3-1-2-8(6-9)7-13/h1-3,6H,5H2,(H,14,16)(H,15,17). The van der Waals surface area contributed by atoms with Gasteiger partial charge in [0.25, 0.3) is 0 Å². The van der Waals surface area contributed by atoms with Gasteiger partial charge in [0.2, 0.25) is 0 Å². The third-order valence-corrected chi connectivity index (χ3v) is 1.78. The van der Waals surface area contributed by atoms with E-state index in [1.165, 1.54) is 6.07 Å². The molecule has 0 atom stereocenters. The molecule has 0 radical (unpaired) electrons. The minimum atomic E-state index is -0.895. The van der Waals surface area contributed by atoms with Crippen molar-refractivity contribution in [2.45, 2.75) is 0 Å². The molecule has 17 heavy (non-hydrogen) atoms. The fraction of sp³-hybridized carbons (Fsp3) is 0.0909. The molecule has 0 aliphatic rings. The van der Waals surface area contributed by atoms with Gasteiger partial charge in [0.05, 0.1) is 17.7 Å². The lowest BCUT2D eigenvalue weighted by Crippen LogP contribution is -2.35. The molecule has 0 fully saturated rings. The minimum Gasteiger partial charge on any atom is -0.335 e. The van der Waals surface area contributed by atoms with Gasteiger partial charge in [0, 0.05) is 5.69 Å². The number of nitriles is 2. The van der Waals surface area contributed by atoms with Crippen molar-refractivity contribution in [2.24, 2.45) is 0 Å². The first-order chi connectivity index (χ1) is 8.17. The van der Waals surface area contributed by atoms with E-state index >= 15 is 0 Å². The molecular formula is C11H8N4O2. The van der Waals surface area contributed by atoms with Crippen LogP contribution in [0.4, 0.5) is 5.69 Å². The van der Waals surface area contributed by atoms with Crippen molar-refractivity contribution in [1.82, 2.24) is 5.32 Å². The number of benzene rings is 1. The van der Waals surface area contributed by atoms with Gasteiger partial charge < -0.3 is 10.6 Å². The number of hydrogen-bond donors (Lipinski definition) is 2. The molecular weight excluding hydrogens is 220 g/mol. The Hall–Kier alpha value is -2.86. The number of rotatable bonds is 2. The van der Waals surface area contributed by atoms with E-state index in [9.17, 15) is 9.59 Å². The van der Waals surface area contributed by atoms with Crippen LogP contribution in [0.1, 0.15) is 5.56 Å². The second-order valence-corrected chi connectivity index (χ2v) is 2.99. The van der Waals surface area contributed by atoms with Gasteiger partial charge in [-0.15, -0.1) is 0 Å². The maximum Gasteiger partial charge on any atom is 0.313 e. The molecule has 2 amide bonds. The predicted octanol–water partition coefficient (Wildman–Crippen LogP) is 0.137. The Morgan fingerprint density at radius 2 is 2.00 bits per heavy atom. The Morgan fingerprint density at radius 1 is 1.24 bits per heavy atom. The van der Waals surface area contributed by atoms with Gasteiger partial charge in [-0.25, -0.2) is 0 Å². The van der Waals surface area contributed by atoms with Gasteiger partial charge in [-0.3, -0.25) is 9.59 Å². The second kappa shape index (κ2) is 5.89. The lowest BCUT2D eigenvalue weighted by molar-refractivity contribution is -0.136. The summed E-state index contributed by atoms with van der Waals surface area (Å²) in [6, 6.07) is 9.74. The van der Waals surface area contributed by atoms with Gasteiger partial charge >= 0.3 is 11.8 Å². The molecule has 6 nitrogen and oxygen atoms in total. The van der Waals surface area contributed by atoms with Crippen LogP contribution in [0.2, 0.25) is 0 Å². The monoisotopic (exact) mass is 228 g/mol. The van der Waals surface area contributed by atoms with Crippen LogP contribution in [-0.4, -0.2) is 18.4 Å². The summed E-state index contributed by atoms with van der Waals surface area (Å²) in [6.07, 6.45) is 0. The van der Waals surface area contributed by atoms with Gasteiger partial charge in [-0.05, 0) is 18.2 Å². The fourth-order valence-corrected chi connectivity index (χ4v) is 1.05. The van der Waals surface area contributed by atoms with Crippen molar-refractivity contribution in [2.75, 3.05) is 11.9 Å². The molecule has 1 aromatic rings. The van der Waals surface area contributed by atoms with E-state index in [0.29, 0.717) is 11.3 Å². The predicted molar refractivity (Wildman–Crippen MR) is 58.4 cm³/mol. The largest absolute Gasteiger partial charge is 0.335 e. The smallest absolute Gasteiger partial charge is 0.313 e. The molecule has 0 aliphatic carbocycles. The molecule has 0 aromatic heterocycles. The molecule has 84 valence electrons. The Labute approximate surface area is 97.5 Å². The molecule has 0 unspecified atom stereocenters. The summed E-state index contributed by atoms with van der Waals surface area (Å²) in [5.41, 5.74) is 0.724. The first kappa shape index (κ1) is 12.2. The van der Waals surface area contributed by atoms with Crippen LogP contribution >= 0.6 is 0 Å². The number of amides is 2. The van der Waals surface area contributed by atoms with Crippen molar-refractivity contribution in [3.05, 3.63) is 29.8 Å². The summed E-state index contributed by atoms with van der Waals surface area (Å²) in [5, 5.41) is 21.3. The molecule has 0 saturated carbocycles. The lowest BCUT2D eigenvalue weighted by Gasteiger charge is -2.04. The molecule has 0 bridgehead atoms. The third-order valence-electron chi connectivity index (χ3n) is 1.78. The maximum absolute atomic E-state index is 11.3. The van der Waals surface area contributed by atoms with E-state index in [0.717, 1.165) is 0 Å². The van der Waals surface area contributed by atoms with E-state index in [1.807, 2.05) is 6.07 Å². The quantitative estimate of drug-likeness (QED) is 0.554. The van der Waals surface area contributed by atoms with E-state index < -0.39 is 11.8 Å². The van der Waals surface area contributed by atoms with Crippen molar-refractivity contribution in [1.29, 1.82) is 10.5 Å².